The van der Waals surface area contributed by atoms with Gasteiger partial charge >= 0.3 is 0 Å². The predicted octanol–water partition coefficient (Wildman–Crippen LogP) is 2.12. The van der Waals surface area contributed by atoms with Gasteiger partial charge in [0.15, 0.2) is 0 Å². The van der Waals surface area contributed by atoms with Crippen LogP contribution in [-0.2, 0) is 24.1 Å². The van der Waals surface area contributed by atoms with E-state index >= 15 is 0 Å². The molecule has 110 valence electrons. The number of ether oxygens (including phenoxy) is 1. The van der Waals surface area contributed by atoms with Crippen LogP contribution in [0.1, 0.15) is 17.1 Å². The Bertz CT molecular complexity index is 628. The highest BCUT2D eigenvalue weighted by Gasteiger charge is 2.18. The highest BCUT2D eigenvalue weighted by atomic mass is 19.1. The molecule has 0 fully saturated rings. The van der Waals surface area contributed by atoms with E-state index in [9.17, 15) is 4.39 Å². The molecule has 0 bridgehead atoms. The van der Waals surface area contributed by atoms with E-state index < -0.39 is 0 Å². The second kappa shape index (κ2) is 6.28. The third-order valence-corrected chi connectivity index (χ3v) is 3.63. The van der Waals surface area contributed by atoms with Gasteiger partial charge in [0, 0.05) is 44.2 Å². The maximum Gasteiger partial charge on any atom is 0.131 e. The largest absolute Gasteiger partial charge is 0.384 e. The smallest absolute Gasteiger partial charge is 0.131 e. The molecule has 3 rings (SSSR count). The number of hydrogen-bond donors (Lipinski definition) is 1. The van der Waals surface area contributed by atoms with E-state index in [1.165, 1.54) is 12.1 Å². The first kappa shape index (κ1) is 14.1. The summed E-state index contributed by atoms with van der Waals surface area (Å²) in [5, 5.41) is 3.35. The molecule has 21 heavy (non-hydrogen) atoms. The van der Waals surface area contributed by atoms with Gasteiger partial charge in [-0.1, -0.05) is 0 Å². The van der Waals surface area contributed by atoms with E-state index in [1.807, 2.05) is 0 Å². The number of fused-ring (bicyclic) bond motifs is 1. The minimum absolute atomic E-state index is 0.237. The lowest BCUT2D eigenvalue weighted by Crippen LogP contribution is -2.26. The molecule has 0 aliphatic carbocycles. The SMILES string of the molecule is COCCc1nc2c(c(-c3ccc(F)cc3)n1)CNCC2. The lowest BCUT2D eigenvalue weighted by Gasteiger charge is -2.20. The fraction of sp³-hybridized carbons (Fsp3) is 0.375. The molecule has 1 N–H and O–H groups in total. The zero-order chi connectivity index (χ0) is 14.7. The van der Waals surface area contributed by atoms with Crippen molar-refractivity contribution in [3.05, 3.63) is 47.2 Å². The minimum atomic E-state index is -0.237. The maximum absolute atomic E-state index is 13.1. The van der Waals surface area contributed by atoms with Gasteiger partial charge in [-0.05, 0) is 24.3 Å². The zero-order valence-electron chi connectivity index (χ0n) is 12.0. The van der Waals surface area contributed by atoms with Gasteiger partial charge in [-0.2, -0.15) is 0 Å². The van der Waals surface area contributed by atoms with Crippen LogP contribution in [0.3, 0.4) is 0 Å². The molecule has 4 nitrogen and oxygen atoms in total. The van der Waals surface area contributed by atoms with Gasteiger partial charge in [0.25, 0.3) is 0 Å². The summed E-state index contributed by atoms with van der Waals surface area (Å²) in [5.41, 5.74) is 4.04. The fourth-order valence-corrected chi connectivity index (χ4v) is 2.55. The molecule has 1 aliphatic heterocycles. The summed E-state index contributed by atoms with van der Waals surface area (Å²) < 4.78 is 18.2. The molecule has 0 spiro atoms. The molecule has 0 atom stereocenters. The Balaban J connectivity index is 2.05. The molecule has 0 amide bonds. The topological polar surface area (TPSA) is 47.0 Å². The van der Waals surface area contributed by atoms with Gasteiger partial charge in [-0.3, -0.25) is 0 Å². The van der Waals surface area contributed by atoms with Gasteiger partial charge < -0.3 is 10.1 Å². The third kappa shape index (κ3) is 3.09. The number of benzene rings is 1. The van der Waals surface area contributed by atoms with E-state index in [4.69, 9.17) is 4.74 Å². The number of nitrogens with zero attached hydrogens (tertiary/aromatic N) is 2. The molecule has 1 aromatic carbocycles. The monoisotopic (exact) mass is 287 g/mol. The molecule has 2 heterocycles. The van der Waals surface area contributed by atoms with Crippen LogP contribution >= 0.6 is 0 Å². The quantitative estimate of drug-likeness (QED) is 0.935. The van der Waals surface area contributed by atoms with Gasteiger partial charge in [-0.15, -0.1) is 0 Å². The first-order valence-electron chi connectivity index (χ1n) is 7.12. The van der Waals surface area contributed by atoms with Crippen molar-refractivity contribution >= 4 is 0 Å². The molecule has 5 heteroatoms. The van der Waals surface area contributed by atoms with E-state index in [1.54, 1.807) is 19.2 Å². The Kier molecular flexibility index (Phi) is 4.22. The van der Waals surface area contributed by atoms with E-state index in [2.05, 4.69) is 15.3 Å². The lowest BCUT2D eigenvalue weighted by atomic mass is 10.00. The molecule has 0 radical (unpaired) electrons. The van der Waals surface area contributed by atoms with Crippen LogP contribution in [0.2, 0.25) is 0 Å². The maximum atomic E-state index is 13.1. The van der Waals surface area contributed by atoms with Crippen molar-refractivity contribution in [3.8, 4) is 11.3 Å². The van der Waals surface area contributed by atoms with Crippen molar-refractivity contribution in [3.63, 3.8) is 0 Å². The summed E-state index contributed by atoms with van der Waals surface area (Å²) in [7, 11) is 1.67. The minimum Gasteiger partial charge on any atom is -0.384 e. The van der Waals surface area contributed by atoms with Crippen molar-refractivity contribution < 1.29 is 9.13 Å². The Labute approximate surface area is 123 Å². The Morgan fingerprint density at radius 2 is 2.05 bits per heavy atom. The normalized spacial score (nSPS) is 14.0. The molecule has 2 aromatic rings. The lowest BCUT2D eigenvalue weighted by molar-refractivity contribution is 0.200. The average molecular weight is 287 g/mol. The first-order chi connectivity index (χ1) is 10.3. The Hall–Kier alpha value is -1.85. The molecular formula is C16H18FN3O. The van der Waals surface area contributed by atoms with E-state index in [0.717, 1.165) is 47.8 Å². The van der Waals surface area contributed by atoms with Crippen LogP contribution in [0.4, 0.5) is 4.39 Å². The van der Waals surface area contributed by atoms with Crippen molar-refractivity contribution in [2.75, 3.05) is 20.3 Å². The van der Waals surface area contributed by atoms with E-state index in [0.29, 0.717) is 13.0 Å². The fourth-order valence-electron chi connectivity index (χ4n) is 2.55. The molecule has 1 aromatic heterocycles. The molecule has 0 saturated heterocycles. The van der Waals surface area contributed by atoms with Crippen LogP contribution < -0.4 is 5.32 Å². The summed E-state index contributed by atoms with van der Waals surface area (Å²) in [6.45, 7) is 2.28. The van der Waals surface area contributed by atoms with Crippen LogP contribution in [0.15, 0.2) is 24.3 Å². The highest BCUT2D eigenvalue weighted by molar-refractivity contribution is 5.64. The van der Waals surface area contributed by atoms with Crippen LogP contribution in [0.5, 0.6) is 0 Å². The highest BCUT2D eigenvalue weighted by Crippen LogP contribution is 2.26. The van der Waals surface area contributed by atoms with Crippen molar-refractivity contribution in [1.82, 2.24) is 15.3 Å². The number of hydrogen-bond acceptors (Lipinski definition) is 4. The molecular weight excluding hydrogens is 269 g/mol. The Morgan fingerprint density at radius 3 is 2.81 bits per heavy atom. The second-order valence-corrected chi connectivity index (χ2v) is 5.09. The molecule has 0 saturated carbocycles. The zero-order valence-corrected chi connectivity index (χ0v) is 12.0. The summed E-state index contributed by atoms with van der Waals surface area (Å²) >= 11 is 0. The van der Waals surface area contributed by atoms with Crippen molar-refractivity contribution in [2.45, 2.75) is 19.4 Å². The molecule has 0 unspecified atom stereocenters. The number of nitrogens with one attached hydrogen (secondary N) is 1. The second-order valence-electron chi connectivity index (χ2n) is 5.09. The number of halogens is 1. The van der Waals surface area contributed by atoms with Gasteiger partial charge in [0.05, 0.1) is 18.0 Å². The van der Waals surface area contributed by atoms with Gasteiger partial charge in [0.2, 0.25) is 0 Å². The number of aromatic nitrogens is 2. The average Bonchev–Trinajstić information content (AvgIpc) is 2.53. The van der Waals surface area contributed by atoms with Crippen LogP contribution in [0, 0.1) is 5.82 Å². The van der Waals surface area contributed by atoms with Crippen molar-refractivity contribution in [1.29, 1.82) is 0 Å². The van der Waals surface area contributed by atoms with Gasteiger partial charge in [-0.25, -0.2) is 14.4 Å². The molecule has 1 aliphatic rings. The number of rotatable bonds is 4. The van der Waals surface area contributed by atoms with Crippen LogP contribution in [0.25, 0.3) is 11.3 Å². The summed E-state index contributed by atoms with van der Waals surface area (Å²) in [5.74, 6) is 0.552. The summed E-state index contributed by atoms with van der Waals surface area (Å²) in [6, 6.07) is 6.48. The number of methoxy groups -OCH3 is 1. The predicted molar refractivity (Wildman–Crippen MR) is 78.4 cm³/mol. The summed E-state index contributed by atoms with van der Waals surface area (Å²) in [4.78, 5) is 9.32. The van der Waals surface area contributed by atoms with Crippen LogP contribution in [-0.4, -0.2) is 30.2 Å². The Morgan fingerprint density at radius 1 is 1.24 bits per heavy atom. The van der Waals surface area contributed by atoms with Crippen molar-refractivity contribution in [2.24, 2.45) is 0 Å². The third-order valence-electron chi connectivity index (χ3n) is 3.63. The first-order valence-corrected chi connectivity index (χ1v) is 7.12. The van der Waals surface area contributed by atoms with E-state index in [-0.39, 0.29) is 5.82 Å². The summed E-state index contributed by atoms with van der Waals surface area (Å²) in [6.07, 6.45) is 1.58. The standard InChI is InChI=1S/C16H18FN3O/c1-21-9-7-15-19-14-6-8-18-10-13(14)16(20-15)11-2-4-12(17)5-3-11/h2-5,18H,6-10H2,1H3. The van der Waals surface area contributed by atoms with Gasteiger partial charge in [0.1, 0.15) is 11.6 Å².